The van der Waals surface area contributed by atoms with E-state index in [2.05, 4.69) is 22.0 Å². The van der Waals surface area contributed by atoms with Gasteiger partial charge >= 0.3 is 0 Å². The van der Waals surface area contributed by atoms with Gasteiger partial charge in [-0.15, -0.1) is 0 Å². The lowest BCUT2D eigenvalue weighted by molar-refractivity contribution is 0.327. The first-order chi connectivity index (χ1) is 10.2. The summed E-state index contributed by atoms with van der Waals surface area (Å²) in [6.45, 7) is 0.662. The number of hydrogen-bond acceptors (Lipinski definition) is 3. The molecule has 0 amide bonds. The summed E-state index contributed by atoms with van der Waals surface area (Å²) in [4.78, 5) is 0.103. The molecular weight excluding hydrogens is 332 g/mol. The quantitative estimate of drug-likeness (QED) is 0.770. The van der Waals surface area contributed by atoms with Gasteiger partial charge in [0.2, 0.25) is 0 Å². The second kappa shape index (κ2) is 5.98. The van der Waals surface area contributed by atoms with E-state index < -0.39 is 0 Å². The number of methoxy groups -OCH3 is 2. The molecule has 1 aliphatic rings. The zero-order valence-corrected chi connectivity index (χ0v) is 13.6. The van der Waals surface area contributed by atoms with Crippen LogP contribution in [0.4, 0.5) is 0 Å². The summed E-state index contributed by atoms with van der Waals surface area (Å²) >= 11 is 3.82. The SMILES string of the molecule is COc1ccc(OC)c(C(Br)C2COc3ccccc32)c1. The third-order valence-electron chi connectivity index (χ3n) is 3.82. The fourth-order valence-electron chi connectivity index (χ4n) is 2.70. The van der Waals surface area contributed by atoms with E-state index in [4.69, 9.17) is 14.2 Å². The number of halogens is 1. The van der Waals surface area contributed by atoms with E-state index in [-0.39, 0.29) is 10.7 Å². The van der Waals surface area contributed by atoms with Crippen molar-refractivity contribution in [1.29, 1.82) is 0 Å². The maximum absolute atomic E-state index is 5.78. The van der Waals surface area contributed by atoms with Crippen molar-refractivity contribution in [2.45, 2.75) is 10.7 Å². The molecule has 0 radical (unpaired) electrons. The minimum Gasteiger partial charge on any atom is -0.497 e. The third kappa shape index (κ3) is 2.60. The van der Waals surface area contributed by atoms with Crippen LogP contribution in [0, 0.1) is 0 Å². The van der Waals surface area contributed by atoms with Crippen molar-refractivity contribution in [3.63, 3.8) is 0 Å². The monoisotopic (exact) mass is 348 g/mol. The summed E-state index contributed by atoms with van der Waals surface area (Å²) in [6, 6.07) is 14.0. The Hall–Kier alpha value is -1.68. The molecule has 1 heterocycles. The molecule has 2 aromatic carbocycles. The van der Waals surface area contributed by atoms with Crippen molar-refractivity contribution >= 4 is 15.9 Å². The van der Waals surface area contributed by atoms with Crippen LogP contribution in [0.1, 0.15) is 21.9 Å². The first kappa shape index (κ1) is 14.3. The molecule has 0 aromatic heterocycles. The van der Waals surface area contributed by atoms with Crippen LogP contribution >= 0.6 is 15.9 Å². The minimum absolute atomic E-state index is 0.103. The van der Waals surface area contributed by atoms with Crippen molar-refractivity contribution in [2.75, 3.05) is 20.8 Å². The standard InChI is InChI=1S/C17H17BrO3/c1-19-11-7-8-15(20-2)13(9-11)17(18)14-10-21-16-6-4-3-5-12(14)16/h3-9,14,17H,10H2,1-2H3. The average Bonchev–Trinajstić information content (AvgIpc) is 2.97. The molecule has 4 heteroatoms. The summed E-state index contributed by atoms with van der Waals surface area (Å²) in [7, 11) is 3.35. The Balaban J connectivity index is 1.97. The topological polar surface area (TPSA) is 27.7 Å². The number of alkyl halides is 1. The molecule has 3 rings (SSSR count). The van der Waals surface area contributed by atoms with Crippen LogP contribution < -0.4 is 14.2 Å². The molecule has 0 bridgehead atoms. The number of benzene rings is 2. The molecule has 0 aliphatic carbocycles. The second-order valence-electron chi connectivity index (χ2n) is 4.96. The van der Waals surface area contributed by atoms with Crippen LogP contribution in [0.15, 0.2) is 42.5 Å². The van der Waals surface area contributed by atoms with E-state index in [1.165, 1.54) is 5.56 Å². The Labute approximate surface area is 133 Å². The highest BCUT2D eigenvalue weighted by Crippen LogP contribution is 2.48. The lowest BCUT2D eigenvalue weighted by atomic mass is 9.93. The van der Waals surface area contributed by atoms with Crippen molar-refractivity contribution in [2.24, 2.45) is 0 Å². The highest BCUT2D eigenvalue weighted by molar-refractivity contribution is 9.09. The van der Waals surface area contributed by atoms with Crippen molar-refractivity contribution < 1.29 is 14.2 Å². The van der Waals surface area contributed by atoms with Gasteiger partial charge in [0.25, 0.3) is 0 Å². The lowest BCUT2D eigenvalue weighted by Crippen LogP contribution is -2.09. The molecule has 0 N–H and O–H groups in total. The maximum Gasteiger partial charge on any atom is 0.123 e. The minimum atomic E-state index is 0.103. The Bertz CT molecular complexity index is 642. The van der Waals surface area contributed by atoms with E-state index in [0.29, 0.717) is 6.61 Å². The predicted molar refractivity (Wildman–Crippen MR) is 85.9 cm³/mol. The molecule has 110 valence electrons. The molecule has 1 aliphatic heterocycles. The highest BCUT2D eigenvalue weighted by atomic mass is 79.9. The fourth-order valence-corrected chi connectivity index (χ4v) is 3.50. The van der Waals surface area contributed by atoms with E-state index >= 15 is 0 Å². The molecule has 21 heavy (non-hydrogen) atoms. The van der Waals surface area contributed by atoms with Gasteiger partial charge in [-0.05, 0) is 24.3 Å². The summed E-state index contributed by atoms with van der Waals surface area (Å²) in [6.07, 6.45) is 0. The van der Waals surface area contributed by atoms with E-state index in [1.54, 1.807) is 14.2 Å². The molecule has 2 unspecified atom stereocenters. The third-order valence-corrected chi connectivity index (χ3v) is 4.96. The van der Waals surface area contributed by atoms with Gasteiger partial charge in [0.15, 0.2) is 0 Å². The van der Waals surface area contributed by atoms with Crippen LogP contribution in [0.25, 0.3) is 0 Å². The van der Waals surface area contributed by atoms with Gasteiger partial charge in [-0.3, -0.25) is 0 Å². The molecule has 0 spiro atoms. The molecular formula is C17H17BrO3. The normalized spacial score (nSPS) is 17.8. The molecule has 2 aromatic rings. The van der Waals surface area contributed by atoms with Gasteiger partial charge in [-0.2, -0.15) is 0 Å². The summed E-state index contributed by atoms with van der Waals surface area (Å²) in [5.41, 5.74) is 2.30. The summed E-state index contributed by atoms with van der Waals surface area (Å²) in [5, 5.41) is 0. The zero-order valence-electron chi connectivity index (χ0n) is 12.0. The largest absolute Gasteiger partial charge is 0.497 e. The van der Waals surface area contributed by atoms with Crippen LogP contribution in [0.2, 0.25) is 0 Å². The van der Waals surface area contributed by atoms with Crippen LogP contribution in [0.3, 0.4) is 0 Å². The van der Waals surface area contributed by atoms with Crippen molar-refractivity contribution in [1.82, 2.24) is 0 Å². The van der Waals surface area contributed by atoms with Crippen molar-refractivity contribution in [3.05, 3.63) is 53.6 Å². The zero-order chi connectivity index (χ0) is 14.8. The van der Waals surface area contributed by atoms with Crippen LogP contribution in [-0.2, 0) is 0 Å². The lowest BCUT2D eigenvalue weighted by Gasteiger charge is -2.20. The van der Waals surface area contributed by atoms with Gasteiger partial charge in [0.05, 0.1) is 25.7 Å². The number of rotatable bonds is 4. The van der Waals surface area contributed by atoms with E-state index in [9.17, 15) is 0 Å². The first-order valence-electron chi connectivity index (χ1n) is 6.82. The molecule has 0 fully saturated rings. The maximum atomic E-state index is 5.78. The molecule has 2 atom stereocenters. The second-order valence-corrected chi connectivity index (χ2v) is 5.95. The van der Waals surface area contributed by atoms with E-state index in [0.717, 1.165) is 22.8 Å². The Morgan fingerprint density at radius 1 is 1.14 bits per heavy atom. The smallest absolute Gasteiger partial charge is 0.123 e. The van der Waals surface area contributed by atoms with Gasteiger partial charge in [0, 0.05) is 17.0 Å². The highest BCUT2D eigenvalue weighted by Gasteiger charge is 2.32. The van der Waals surface area contributed by atoms with Gasteiger partial charge in [-0.1, -0.05) is 34.1 Å². The van der Waals surface area contributed by atoms with Gasteiger partial charge in [0.1, 0.15) is 17.2 Å². The fraction of sp³-hybridized carbons (Fsp3) is 0.294. The Morgan fingerprint density at radius 2 is 1.95 bits per heavy atom. The number of fused-ring (bicyclic) bond motifs is 1. The van der Waals surface area contributed by atoms with Gasteiger partial charge in [-0.25, -0.2) is 0 Å². The number of para-hydroxylation sites is 1. The van der Waals surface area contributed by atoms with Crippen LogP contribution in [0.5, 0.6) is 17.2 Å². The van der Waals surface area contributed by atoms with Gasteiger partial charge < -0.3 is 14.2 Å². The molecule has 0 saturated carbocycles. The number of ether oxygens (including phenoxy) is 3. The molecule has 0 saturated heterocycles. The summed E-state index contributed by atoms with van der Waals surface area (Å²) in [5.74, 6) is 2.89. The molecule has 3 nitrogen and oxygen atoms in total. The first-order valence-corrected chi connectivity index (χ1v) is 7.74. The van der Waals surface area contributed by atoms with Crippen molar-refractivity contribution in [3.8, 4) is 17.2 Å². The summed E-state index contributed by atoms with van der Waals surface area (Å²) < 4.78 is 16.6. The van der Waals surface area contributed by atoms with E-state index in [1.807, 2.05) is 36.4 Å². The number of hydrogen-bond donors (Lipinski definition) is 0. The van der Waals surface area contributed by atoms with Crippen LogP contribution in [-0.4, -0.2) is 20.8 Å². The Morgan fingerprint density at radius 3 is 2.71 bits per heavy atom. The Kier molecular flexibility index (Phi) is 4.06. The predicted octanol–water partition coefficient (Wildman–Crippen LogP) is 4.32. The average molecular weight is 349 g/mol.